The van der Waals surface area contributed by atoms with Crippen molar-refractivity contribution >= 4 is 16.7 Å². The highest BCUT2D eigenvalue weighted by atomic mass is 16.6. The van der Waals surface area contributed by atoms with Crippen LogP contribution in [0.1, 0.15) is 19.4 Å². The third kappa shape index (κ3) is 2.73. The van der Waals surface area contributed by atoms with E-state index in [4.69, 9.17) is 4.74 Å². The molecule has 3 heteroatoms. The largest absolute Gasteiger partial charge is 0.455 e. The van der Waals surface area contributed by atoms with Gasteiger partial charge in [-0.1, -0.05) is 43.0 Å². The molecule has 0 saturated carbocycles. The minimum Gasteiger partial charge on any atom is -0.455 e. The van der Waals surface area contributed by atoms with Crippen LogP contribution in [0, 0.1) is 0 Å². The molecule has 0 aliphatic carbocycles. The number of carbonyl (C=O) groups excluding carboxylic acids is 1. The Bertz CT molecular complexity index is 643. The fourth-order valence-electron chi connectivity index (χ4n) is 2.24. The predicted molar refractivity (Wildman–Crippen MR) is 79.3 cm³/mol. The van der Waals surface area contributed by atoms with Crippen molar-refractivity contribution in [2.45, 2.75) is 25.6 Å². The highest BCUT2D eigenvalue weighted by molar-refractivity contribution is 5.83. The second kappa shape index (κ2) is 5.47. The van der Waals surface area contributed by atoms with Gasteiger partial charge in [0.1, 0.15) is 5.60 Å². The monoisotopic (exact) mass is 270 g/mol. The van der Waals surface area contributed by atoms with E-state index in [1.54, 1.807) is 6.92 Å². The van der Waals surface area contributed by atoms with Crippen LogP contribution in [0.5, 0.6) is 0 Å². The lowest BCUT2D eigenvalue weighted by molar-refractivity contribution is -0.156. The number of carbonyl (C=O) groups is 1. The van der Waals surface area contributed by atoms with Gasteiger partial charge < -0.3 is 9.84 Å². The molecule has 2 aromatic carbocycles. The van der Waals surface area contributed by atoms with E-state index in [1.807, 2.05) is 42.5 Å². The van der Waals surface area contributed by atoms with E-state index in [9.17, 15) is 9.90 Å². The molecule has 0 radical (unpaired) electrons. The van der Waals surface area contributed by atoms with Crippen molar-refractivity contribution in [3.8, 4) is 0 Å². The Hall–Kier alpha value is -2.13. The lowest BCUT2D eigenvalue weighted by Crippen LogP contribution is -2.38. The van der Waals surface area contributed by atoms with Crippen LogP contribution in [0.2, 0.25) is 0 Å². The van der Waals surface area contributed by atoms with Crippen molar-refractivity contribution in [1.29, 1.82) is 0 Å². The fraction of sp³-hybridized carbons (Fsp3) is 0.235. The zero-order valence-corrected chi connectivity index (χ0v) is 11.7. The van der Waals surface area contributed by atoms with Crippen LogP contribution in [0.3, 0.4) is 0 Å². The second-order valence-corrected chi connectivity index (χ2v) is 4.98. The van der Waals surface area contributed by atoms with Gasteiger partial charge in [0, 0.05) is 6.92 Å². The highest BCUT2D eigenvalue weighted by Gasteiger charge is 2.34. The van der Waals surface area contributed by atoms with Gasteiger partial charge in [-0.3, -0.25) is 4.79 Å². The summed E-state index contributed by atoms with van der Waals surface area (Å²) in [7, 11) is 0. The van der Waals surface area contributed by atoms with Gasteiger partial charge in [-0.2, -0.15) is 0 Å². The maximum atomic E-state index is 11.1. The van der Waals surface area contributed by atoms with E-state index < -0.39 is 17.7 Å². The van der Waals surface area contributed by atoms with Crippen molar-refractivity contribution in [1.82, 2.24) is 0 Å². The third-order valence-corrected chi connectivity index (χ3v) is 3.39. The molecule has 2 aromatic rings. The smallest absolute Gasteiger partial charge is 0.303 e. The molecular formula is C17H18O3. The number of rotatable bonds is 4. The Kier molecular flexibility index (Phi) is 3.91. The van der Waals surface area contributed by atoms with Crippen LogP contribution >= 0.6 is 0 Å². The van der Waals surface area contributed by atoms with E-state index in [0.717, 1.165) is 10.8 Å². The first kappa shape index (κ1) is 14.3. The molecule has 0 aliphatic rings. The molecule has 104 valence electrons. The maximum Gasteiger partial charge on any atom is 0.303 e. The summed E-state index contributed by atoms with van der Waals surface area (Å²) < 4.78 is 5.12. The van der Waals surface area contributed by atoms with Crippen LogP contribution in [-0.2, 0) is 15.1 Å². The van der Waals surface area contributed by atoms with Crippen molar-refractivity contribution in [2.75, 3.05) is 0 Å². The van der Waals surface area contributed by atoms with Gasteiger partial charge in [0.25, 0.3) is 0 Å². The van der Waals surface area contributed by atoms with Crippen LogP contribution in [0.4, 0.5) is 0 Å². The number of ether oxygens (including phenoxy) is 1. The quantitative estimate of drug-likeness (QED) is 0.685. The molecule has 0 aromatic heterocycles. The van der Waals surface area contributed by atoms with Gasteiger partial charge in [-0.15, -0.1) is 0 Å². The molecule has 0 bridgehead atoms. The minimum absolute atomic E-state index is 0.448. The predicted octanol–water partition coefficient (Wildman–Crippen LogP) is 3.17. The first-order valence-electron chi connectivity index (χ1n) is 6.46. The summed E-state index contributed by atoms with van der Waals surface area (Å²) in [5.41, 5.74) is -0.639. The van der Waals surface area contributed by atoms with Crippen molar-refractivity contribution in [2.24, 2.45) is 0 Å². The summed E-state index contributed by atoms with van der Waals surface area (Å²) in [5.74, 6) is -0.448. The Balaban J connectivity index is 2.44. The summed E-state index contributed by atoms with van der Waals surface area (Å²) in [5, 5.41) is 12.8. The zero-order chi connectivity index (χ0) is 14.8. The fourth-order valence-corrected chi connectivity index (χ4v) is 2.24. The topological polar surface area (TPSA) is 46.5 Å². The van der Waals surface area contributed by atoms with Gasteiger partial charge in [0.05, 0.1) is 0 Å². The zero-order valence-electron chi connectivity index (χ0n) is 11.7. The summed E-state index contributed by atoms with van der Waals surface area (Å²) in [6, 6.07) is 13.6. The third-order valence-electron chi connectivity index (χ3n) is 3.39. The first-order valence-corrected chi connectivity index (χ1v) is 6.46. The lowest BCUT2D eigenvalue weighted by atomic mass is 9.88. The molecular weight excluding hydrogens is 252 g/mol. The lowest BCUT2D eigenvalue weighted by Gasteiger charge is -2.30. The first-order chi connectivity index (χ1) is 9.45. The molecule has 0 unspecified atom stereocenters. The van der Waals surface area contributed by atoms with Crippen LogP contribution in [0.25, 0.3) is 10.8 Å². The van der Waals surface area contributed by atoms with Gasteiger partial charge in [-0.25, -0.2) is 0 Å². The van der Waals surface area contributed by atoms with Crippen molar-refractivity contribution < 1.29 is 14.6 Å². The molecule has 2 atom stereocenters. The number of esters is 1. The average Bonchev–Trinajstić information content (AvgIpc) is 2.43. The van der Waals surface area contributed by atoms with E-state index in [0.29, 0.717) is 5.56 Å². The van der Waals surface area contributed by atoms with E-state index >= 15 is 0 Å². The Morgan fingerprint density at radius 1 is 1.30 bits per heavy atom. The Morgan fingerprint density at radius 3 is 2.55 bits per heavy atom. The molecule has 2 rings (SSSR count). The molecule has 3 nitrogen and oxygen atoms in total. The Morgan fingerprint density at radius 2 is 1.95 bits per heavy atom. The highest BCUT2D eigenvalue weighted by Crippen LogP contribution is 2.30. The second-order valence-electron chi connectivity index (χ2n) is 4.98. The molecule has 20 heavy (non-hydrogen) atoms. The SMILES string of the molecule is C=C[C@@H](OC(C)=O)[C@@](C)(O)c1ccc2ccccc2c1. The van der Waals surface area contributed by atoms with E-state index in [-0.39, 0.29) is 0 Å². The summed E-state index contributed by atoms with van der Waals surface area (Å²) in [4.78, 5) is 11.1. The minimum atomic E-state index is -1.32. The molecule has 0 heterocycles. The van der Waals surface area contributed by atoms with Crippen LogP contribution in [-0.4, -0.2) is 17.2 Å². The van der Waals surface area contributed by atoms with Crippen molar-refractivity contribution in [3.63, 3.8) is 0 Å². The number of fused-ring (bicyclic) bond motifs is 1. The molecule has 0 spiro atoms. The van der Waals surface area contributed by atoms with Gasteiger partial charge in [0.2, 0.25) is 0 Å². The number of hydrogen-bond donors (Lipinski definition) is 1. The van der Waals surface area contributed by atoms with E-state index in [1.165, 1.54) is 13.0 Å². The van der Waals surface area contributed by atoms with Gasteiger partial charge in [0.15, 0.2) is 6.10 Å². The van der Waals surface area contributed by atoms with Crippen LogP contribution < -0.4 is 0 Å². The molecule has 0 fully saturated rings. The maximum absolute atomic E-state index is 11.1. The standard InChI is InChI=1S/C17H18O3/c1-4-16(20-12(2)18)17(3,19)15-10-9-13-7-5-6-8-14(13)11-15/h4-11,16,19H,1H2,2-3H3/t16-,17+/m1/s1. The molecule has 1 N–H and O–H groups in total. The van der Waals surface area contributed by atoms with Crippen molar-refractivity contribution in [3.05, 3.63) is 60.7 Å². The normalized spacial score (nSPS) is 15.3. The Labute approximate surface area is 118 Å². The molecule has 0 saturated heterocycles. The number of aliphatic hydroxyl groups is 1. The molecule has 0 aliphatic heterocycles. The van der Waals surface area contributed by atoms with Gasteiger partial charge in [-0.05, 0) is 35.4 Å². The van der Waals surface area contributed by atoms with E-state index in [2.05, 4.69) is 6.58 Å². The number of benzene rings is 2. The molecule has 0 amide bonds. The average molecular weight is 270 g/mol. The van der Waals surface area contributed by atoms with Gasteiger partial charge >= 0.3 is 5.97 Å². The summed E-state index contributed by atoms with van der Waals surface area (Å²) >= 11 is 0. The summed E-state index contributed by atoms with van der Waals surface area (Å²) in [6.45, 7) is 6.56. The van der Waals surface area contributed by atoms with Crippen LogP contribution in [0.15, 0.2) is 55.1 Å². The number of hydrogen-bond acceptors (Lipinski definition) is 3. The summed E-state index contributed by atoms with van der Waals surface area (Å²) in [6.07, 6.45) is 0.650.